The molecule has 2 fully saturated rings. The number of piperidine rings is 1. The van der Waals surface area contributed by atoms with Crippen molar-refractivity contribution < 1.29 is 14.4 Å². The lowest BCUT2D eigenvalue weighted by atomic mass is 10.0. The normalized spacial score (nSPS) is 17.7. The summed E-state index contributed by atoms with van der Waals surface area (Å²) in [4.78, 5) is 9.65. The maximum atomic E-state index is 9.69. The number of ether oxygens (including phenoxy) is 1. The Morgan fingerprint density at radius 3 is 2.62 bits per heavy atom. The lowest BCUT2D eigenvalue weighted by molar-refractivity contribution is 0.114. The van der Waals surface area contributed by atoms with Crippen LogP contribution >= 0.6 is 24.8 Å². The third-order valence-corrected chi connectivity index (χ3v) is 7.38. The summed E-state index contributed by atoms with van der Waals surface area (Å²) in [6, 6.07) is 14.0. The van der Waals surface area contributed by atoms with Gasteiger partial charge in [-0.25, -0.2) is 4.98 Å². The fourth-order valence-corrected chi connectivity index (χ4v) is 5.43. The first kappa shape index (κ1) is 27.3. The molecule has 198 valence electrons. The number of hydrogen-bond donors (Lipinski definition) is 1. The molecule has 6 rings (SSSR count). The molecule has 4 aromatic rings. The van der Waals surface area contributed by atoms with E-state index >= 15 is 0 Å². The Hall–Kier alpha value is -2.78. The predicted molar refractivity (Wildman–Crippen MR) is 148 cm³/mol. The van der Waals surface area contributed by atoms with Crippen LogP contribution in [0.3, 0.4) is 0 Å². The predicted octanol–water partition coefficient (Wildman–Crippen LogP) is 4.82. The number of hydrogen-bond acceptors (Lipinski definition) is 7. The van der Waals surface area contributed by atoms with Crippen molar-refractivity contribution in [2.45, 2.75) is 31.7 Å². The van der Waals surface area contributed by atoms with Crippen LogP contribution in [0, 0.1) is 0 Å². The van der Waals surface area contributed by atoms with Crippen LogP contribution in [0.5, 0.6) is 5.75 Å². The summed E-state index contributed by atoms with van der Waals surface area (Å²) >= 11 is 0. The van der Waals surface area contributed by atoms with Crippen LogP contribution in [0.2, 0.25) is 0 Å². The molecule has 2 saturated heterocycles. The van der Waals surface area contributed by atoms with Crippen molar-refractivity contribution in [1.82, 2.24) is 19.2 Å². The molecule has 1 aromatic carbocycles. The maximum Gasteiger partial charge on any atom is 0.155 e. The second kappa shape index (κ2) is 12.2. The summed E-state index contributed by atoms with van der Waals surface area (Å²) in [6.45, 7) is 6.39. The molecule has 8 nitrogen and oxygen atoms in total. The summed E-state index contributed by atoms with van der Waals surface area (Å²) in [7, 11) is 0. The Balaban J connectivity index is 0.00000160. The second-order valence-corrected chi connectivity index (χ2v) is 9.53. The van der Waals surface area contributed by atoms with Gasteiger partial charge in [-0.05, 0) is 88.3 Å². The summed E-state index contributed by atoms with van der Waals surface area (Å²) in [6.07, 6.45) is 8.92. The van der Waals surface area contributed by atoms with Gasteiger partial charge in [0.1, 0.15) is 29.0 Å². The standard InChI is InChI=1S/C27H31N5O3.2ClH/c33-29-24-18-27(25-16-21-4-3-11-32(21)19-28-25)35-26-6-5-22(17-23(24)26)34-15-14-30-12-7-20(8-13-30)31-9-1-2-10-31;;/h3-6,11,16-20,33H,1-2,7-10,12-15H2;2*1H. The van der Waals surface area contributed by atoms with Gasteiger partial charge in [0.15, 0.2) is 5.76 Å². The Labute approximate surface area is 228 Å². The minimum absolute atomic E-state index is 0. The van der Waals surface area contributed by atoms with Crippen LogP contribution in [0.25, 0.3) is 27.9 Å². The van der Waals surface area contributed by atoms with Gasteiger partial charge in [-0.2, -0.15) is 0 Å². The van der Waals surface area contributed by atoms with Crippen molar-refractivity contribution in [1.29, 1.82) is 0 Å². The number of halogens is 2. The van der Waals surface area contributed by atoms with Crippen molar-refractivity contribution in [2.75, 3.05) is 39.3 Å². The molecular weight excluding hydrogens is 513 g/mol. The molecule has 2 aliphatic rings. The van der Waals surface area contributed by atoms with E-state index in [0.29, 0.717) is 34.4 Å². The summed E-state index contributed by atoms with van der Waals surface area (Å²) in [5.74, 6) is 1.28. The highest BCUT2D eigenvalue weighted by Gasteiger charge is 2.26. The highest BCUT2D eigenvalue weighted by Crippen LogP contribution is 2.25. The fraction of sp³-hybridized carbons (Fsp3) is 0.407. The Kier molecular flexibility index (Phi) is 8.97. The van der Waals surface area contributed by atoms with E-state index in [1.807, 2.05) is 47.0 Å². The molecule has 37 heavy (non-hydrogen) atoms. The zero-order chi connectivity index (χ0) is 23.6. The summed E-state index contributed by atoms with van der Waals surface area (Å²) < 4.78 is 14.1. The molecule has 0 aliphatic carbocycles. The van der Waals surface area contributed by atoms with E-state index in [1.165, 1.54) is 38.8 Å². The van der Waals surface area contributed by atoms with E-state index in [2.05, 4.69) is 19.9 Å². The maximum absolute atomic E-state index is 9.69. The van der Waals surface area contributed by atoms with Gasteiger partial charge in [0.05, 0.1) is 11.7 Å². The van der Waals surface area contributed by atoms with E-state index in [-0.39, 0.29) is 24.8 Å². The molecule has 3 aromatic heterocycles. The first-order chi connectivity index (χ1) is 17.3. The minimum atomic E-state index is 0. The highest BCUT2D eigenvalue weighted by atomic mass is 35.5. The van der Waals surface area contributed by atoms with Gasteiger partial charge in [0.2, 0.25) is 0 Å². The largest absolute Gasteiger partial charge is 0.492 e. The van der Waals surface area contributed by atoms with Crippen molar-refractivity contribution >= 4 is 41.3 Å². The van der Waals surface area contributed by atoms with Gasteiger partial charge in [0, 0.05) is 30.4 Å². The van der Waals surface area contributed by atoms with Crippen LogP contribution in [-0.4, -0.2) is 69.8 Å². The average molecular weight is 546 g/mol. The molecule has 0 radical (unpaired) electrons. The monoisotopic (exact) mass is 545 g/mol. The molecule has 0 unspecified atom stereocenters. The number of fused-ring (bicyclic) bond motifs is 2. The van der Waals surface area contributed by atoms with Gasteiger partial charge in [-0.3, -0.25) is 4.90 Å². The van der Waals surface area contributed by atoms with Crippen LogP contribution < -0.4 is 10.1 Å². The van der Waals surface area contributed by atoms with E-state index in [4.69, 9.17) is 9.15 Å². The van der Waals surface area contributed by atoms with Gasteiger partial charge in [-0.1, -0.05) is 5.16 Å². The van der Waals surface area contributed by atoms with Gasteiger partial charge >= 0.3 is 0 Å². The first-order valence-corrected chi connectivity index (χ1v) is 12.6. The molecule has 10 heteroatoms. The van der Waals surface area contributed by atoms with Crippen molar-refractivity contribution in [3.05, 3.63) is 60.3 Å². The Bertz CT molecular complexity index is 1390. The van der Waals surface area contributed by atoms with Crippen molar-refractivity contribution in [2.24, 2.45) is 5.16 Å². The third-order valence-electron chi connectivity index (χ3n) is 7.38. The van der Waals surface area contributed by atoms with E-state index in [1.54, 1.807) is 12.4 Å². The smallest absolute Gasteiger partial charge is 0.155 e. The molecular formula is C27H33Cl2N5O3. The van der Waals surface area contributed by atoms with Crippen molar-refractivity contribution in [3.8, 4) is 17.2 Å². The molecule has 0 amide bonds. The van der Waals surface area contributed by atoms with Gasteiger partial charge in [-0.15, -0.1) is 24.8 Å². The molecule has 0 bridgehead atoms. The third kappa shape index (κ3) is 5.88. The van der Waals surface area contributed by atoms with Gasteiger partial charge < -0.3 is 23.7 Å². The lowest BCUT2D eigenvalue weighted by Crippen LogP contribution is -2.44. The summed E-state index contributed by atoms with van der Waals surface area (Å²) in [5.41, 5.74) is 2.30. The molecule has 1 N–H and O–H groups in total. The minimum Gasteiger partial charge on any atom is -0.492 e. The topological polar surface area (TPSA) is 78.7 Å². The Morgan fingerprint density at radius 2 is 1.84 bits per heavy atom. The number of likely N-dealkylation sites (tertiary alicyclic amines) is 2. The van der Waals surface area contributed by atoms with E-state index in [0.717, 1.165) is 36.9 Å². The first-order valence-electron chi connectivity index (χ1n) is 12.6. The Morgan fingerprint density at radius 1 is 1.03 bits per heavy atom. The van der Waals surface area contributed by atoms with E-state index < -0.39 is 0 Å². The average Bonchev–Trinajstić information content (AvgIpc) is 3.60. The summed E-state index contributed by atoms with van der Waals surface area (Å²) in [5, 5.41) is 14.3. The zero-order valence-electron chi connectivity index (χ0n) is 20.7. The van der Waals surface area contributed by atoms with Crippen LogP contribution in [0.15, 0.2) is 64.6 Å². The molecule has 0 spiro atoms. The fourth-order valence-electron chi connectivity index (χ4n) is 5.43. The molecule has 5 heterocycles. The lowest BCUT2D eigenvalue weighted by Gasteiger charge is -2.36. The van der Waals surface area contributed by atoms with Gasteiger partial charge in [0.25, 0.3) is 0 Å². The second-order valence-electron chi connectivity index (χ2n) is 9.53. The number of rotatable bonds is 6. The van der Waals surface area contributed by atoms with Crippen LogP contribution in [0.4, 0.5) is 0 Å². The highest BCUT2D eigenvalue weighted by molar-refractivity contribution is 5.85. The number of aromatic nitrogens is 2. The quantitative estimate of drug-likeness (QED) is 0.276. The zero-order valence-corrected chi connectivity index (χ0v) is 22.3. The molecule has 0 saturated carbocycles. The van der Waals surface area contributed by atoms with Crippen LogP contribution in [0.1, 0.15) is 25.7 Å². The molecule has 0 atom stereocenters. The number of nitrogens with zero attached hydrogens (tertiary/aromatic N) is 5. The molecule has 2 aliphatic heterocycles. The number of benzene rings is 1. The van der Waals surface area contributed by atoms with Crippen molar-refractivity contribution in [3.63, 3.8) is 0 Å². The van der Waals surface area contributed by atoms with E-state index in [9.17, 15) is 5.21 Å². The van der Waals surface area contributed by atoms with Crippen LogP contribution in [-0.2, 0) is 0 Å². The SMILES string of the molecule is Cl.Cl.ON=c1cc(-c2cc3cccn3cn2)oc2ccc(OCCN3CCC(N4CCCC4)CC3)cc12.